The maximum atomic E-state index is 5.27. The molecule has 0 atom stereocenters. The highest BCUT2D eigenvalue weighted by atomic mass is 32.1. The fourth-order valence-corrected chi connectivity index (χ4v) is 2.56. The van der Waals surface area contributed by atoms with Crippen LogP contribution in [0.4, 0.5) is 0 Å². The summed E-state index contributed by atoms with van der Waals surface area (Å²) in [5.74, 6) is 0. The first-order valence-corrected chi connectivity index (χ1v) is 5.96. The van der Waals surface area contributed by atoms with Gasteiger partial charge in [0, 0.05) is 11.9 Å². The van der Waals surface area contributed by atoms with Gasteiger partial charge in [-0.25, -0.2) is 0 Å². The molecule has 0 unspecified atom stereocenters. The van der Waals surface area contributed by atoms with Crippen LogP contribution >= 0.6 is 23.6 Å². The van der Waals surface area contributed by atoms with E-state index in [0.29, 0.717) is 0 Å². The predicted octanol–water partition coefficient (Wildman–Crippen LogP) is 4.13. The maximum Gasteiger partial charge on any atom is 0.161 e. The summed E-state index contributed by atoms with van der Waals surface area (Å²) in [6.07, 6.45) is 1.87. The number of benzene rings is 1. The fraction of sp³-hybridized carbons (Fsp3) is 0.0833. The molecule has 0 saturated carbocycles. The van der Waals surface area contributed by atoms with Crippen molar-refractivity contribution < 1.29 is 0 Å². The van der Waals surface area contributed by atoms with Gasteiger partial charge in [-0.1, -0.05) is 36.4 Å². The van der Waals surface area contributed by atoms with Crippen molar-refractivity contribution in [3.8, 4) is 11.3 Å². The van der Waals surface area contributed by atoms with E-state index in [4.69, 9.17) is 12.2 Å². The summed E-state index contributed by atoms with van der Waals surface area (Å²) in [6.45, 7) is 4.52. The molecule has 0 amide bonds. The molecule has 0 aliphatic rings. The standard InChI is InChI=1S/C12H11NS2/c1-2-8-13-11(9-15-12(13)14)10-6-4-3-5-7-10/h2-7,9H,1,8H2. The van der Waals surface area contributed by atoms with Crippen molar-refractivity contribution in [1.29, 1.82) is 0 Å². The van der Waals surface area contributed by atoms with E-state index in [2.05, 4.69) is 28.7 Å². The maximum absolute atomic E-state index is 5.27. The highest BCUT2D eigenvalue weighted by molar-refractivity contribution is 7.73. The Hall–Kier alpha value is -1.19. The molecule has 3 heteroatoms. The Morgan fingerprint density at radius 3 is 2.73 bits per heavy atom. The third kappa shape index (κ3) is 2.08. The lowest BCUT2D eigenvalue weighted by Crippen LogP contribution is -1.96. The van der Waals surface area contributed by atoms with Gasteiger partial charge < -0.3 is 4.57 Å². The van der Waals surface area contributed by atoms with Crippen LogP contribution in [0.2, 0.25) is 0 Å². The monoisotopic (exact) mass is 233 g/mol. The summed E-state index contributed by atoms with van der Waals surface area (Å²) < 4.78 is 3.00. The van der Waals surface area contributed by atoms with Crippen molar-refractivity contribution in [2.45, 2.75) is 6.54 Å². The molecule has 1 heterocycles. The number of rotatable bonds is 3. The van der Waals surface area contributed by atoms with Crippen molar-refractivity contribution in [2.24, 2.45) is 0 Å². The van der Waals surface area contributed by atoms with Crippen LogP contribution in [0.15, 0.2) is 48.4 Å². The van der Waals surface area contributed by atoms with Crippen LogP contribution in [0, 0.1) is 3.95 Å². The van der Waals surface area contributed by atoms with Crippen LogP contribution in [0.25, 0.3) is 11.3 Å². The highest BCUT2D eigenvalue weighted by Crippen LogP contribution is 2.23. The first-order chi connectivity index (χ1) is 7.33. The molecule has 2 aromatic rings. The predicted molar refractivity (Wildman–Crippen MR) is 68.8 cm³/mol. The molecule has 0 saturated heterocycles. The van der Waals surface area contributed by atoms with E-state index in [1.807, 2.05) is 24.3 Å². The topological polar surface area (TPSA) is 4.93 Å². The Kier molecular flexibility index (Phi) is 3.14. The van der Waals surface area contributed by atoms with E-state index >= 15 is 0 Å². The van der Waals surface area contributed by atoms with Gasteiger partial charge in [0.2, 0.25) is 0 Å². The Balaban J connectivity index is 2.54. The lowest BCUT2D eigenvalue weighted by Gasteiger charge is -2.05. The molecule has 0 spiro atoms. The van der Waals surface area contributed by atoms with E-state index in [0.717, 1.165) is 10.5 Å². The molecule has 2 rings (SSSR count). The minimum absolute atomic E-state index is 0.770. The van der Waals surface area contributed by atoms with Gasteiger partial charge in [0.05, 0.1) is 5.69 Å². The highest BCUT2D eigenvalue weighted by Gasteiger charge is 2.04. The molecule has 1 aromatic carbocycles. The fourth-order valence-electron chi connectivity index (χ4n) is 1.47. The van der Waals surface area contributed by atoms with Crippen LogP contribution in [0.5, 0.6) is 0 Å². The molecule has 1 nitrogen and oxygen atoms in total. The molecule has 15 heavy (non-hydrogen) atoms. The number of nitrogens with zero attached hydrogens (tertiary/aromatic N) is 1. The third-order valence-corrected chi connectivity index (χ3v) is 3.44. The van der Waals surface area contributed by atoms with Gasteiger partial charge in [0.15, 0.2) is 3.95 Å². The van der Waals surface area contributed by atoms with Gasteiger partial charge in [-0.15, -0.1) is 17.9 Å². The van der Waals surface area contributed by atoms with Gasteiger partial charge in [0.25, 0.3) is 0 Å². The SMILES string of the molecule is C=CCn1c(-c2ccccc2)csc1=S. The largest absolute Gasteiger partial charge is 0.319 e. The molecule has 0 N–H and O–H groups in total. The van der Waals surface area contributed by atoms with Gasteiger partial charge >= 0.3 is 0 Å². The molecule has 0 bridgehead atoms. The average molecular weight is 233 g/mol. The van der Waals surface area contributed by atoms with E-state index in [9.17, 15) is 0 Å². The zero-order chi connectivity index (χ0) is 10.7. The smallest absolute Gasteiger partial charge is 0.161 e. The van der Waals surface area contributed by atoms with Gasteiger partial charge in [0.1, 0.15) is 0 Å². The summed E-state index contributed by atoms with van der Waals surface area (Å²) in [5.41, 5.74) is 2.37. The molecular formula is C12H11NS2. The molecule has 0 radical (unpaired) electrons. The molecule has 1 aromatic heterocycles. The summed E-state index contributed by atoms with van der Waals surface area (Å²) in [6, 6.07) is 10.3. The quantitative estimate of drug-likeness (QED) is 0.570. The molecule has 0 fully saturated rings. The van der Waals surface area contributed by atoms with Crippen molar-refractivity contribution in [3.05, 3.63) is 52.3 Å². The van der Waals surface area contributed by atoms with E-state index in [1.165, 1.54) is 11.3 Å². The molecule has 0 aliphatic carbocycles. The van der Waals surface area contributed by atoms with Gasteiger partial charge in [-0.2, -0.15) is 0 Å². The number of thiazole rings is 1. The van der Waals surface area contributed by atoms with Crippen molar-refractivity contribution in [3.63, 3.8) is 0 Å². The van der Waals surface area contributed by atoms with E-state index < -0.39 is 0 Å². The van der Waals surface area contributed by atoms with Crippen molar-refractivity contribution >= 4 is 23.6 Å². The number of aromatic nitrogens is 1. The van der Waals surface area contributed by atoms with E-state index in [-0.39, 0.29) is 0 Å². The Morgan fingerprint density at radius 2 is 2.07 bits per heavy atom. The zero-order valence-corrected chi connectivity index (χ0v) is 9.85. The Morgan fingerprint density at radius 1 is 1.33 bits per heavy atom. The Labute approximate surface area is 98.3 Å². The minimum atomic E-state index is 0.770. The van der Waals surface area contributed by atoms with E-state index in [1.54, 1.807) is 11.3 Å². The van der Waals surface area contributed by atoms with Gasteiger partial charge in [-0.05, 0) is 17.8 Å². The number of hydrogen-bond acceptors (Lipinski definition) is 2. The molecular weight excluding hydrogens is 222 g/mol. The lowest BCUT2D eigenvalue weighted by atomic mass is 10.2. The van der Waals surface area contributed by atoms with Crippen LogP contribution in [0.3, 0.4) is 0 Å². The summed E-state index contributed by atoms with van der Waals surface area (Å²) in [7, 11) is 0. The van der Waals surface area contributed by atoms with Crippen LogP contribution < -0.4 is 0 Å². The third-order valence-electron chi connectivity index (χ3n) is 2.16. The second-order valence-electron chi connectivity index (χ2n) is 3.15. The summed E-state index contributed by atoms with van der Waals surface area (Å²) in [4.78, 5) is 0. The minimum Gasteiger partial charge on any atom is -0.319 e. The van der Waals surface area contributed by atoms with Crippen molar-refractivity contribution in [1.82, 2.24) is 4.57 Å². The second-order valence-corrected chi connectivity index (χ2v) is 4.66. The van der Waals surface area contributed by atoms with Crippen LogP contribution in [0.1, 0.15) is 0 Å². The van der Waals surface area contributed by atoms with Gasteiger partial charge in [-0.3, -0.25) is 0 Å². The van der Waals surface area contributed by atoms with Crippen molar-refractivity contribution in [2.75, 3.05) is 0 Å². The number of allylic oxidation sites excluding steroid dienone is 1. The van der Waals surface area contributed by atoms with Crippen LogP contribution in [-0.4, -0.2) is 4.57 Å². The normalized spacial score (nSPS) is 10.1. The zero-order valence-electron chi connectivity index (χ0n) is 8.22. The second kappa shape index (κ2) is 4.55. The first kappa shape index (κ1) is 10.3. The van der Waals surface area contributed by atoms with Crippen LogP contribution in [-0.2, 0) is 6.54 Å². The summed E-state index contributed by atoms with van der Waals surface area (Å²) in [5, 5.41) is 2.10. The summed E-state index contributed by atoms with van der Waals surface area (Å²) >= 11 is 6.87. The first-order valence-electron chi connectivity index (χ1n) is 4.67. The molecule has 76 valence electrons. The number of hydrogen-bond donors (Lipinski definition) is 0. The lowest BCUT2D eigenvalue weighted by molar-refractivity contribution is 0.834. The molecule has 0 aliphatic heterocycles. The Bertz CT molecular complexity index is 508. The average Bonchev–Trinajstić information content (AvgIpc) is 2.63.